The van der Waals surface area contributed by atoms with Crippen molar-refractivity contribution in [2.24, 2.45) is 0 Å². The molecule has 0 unspecified atom stereocenters. The summed E-state index contributed by atoms with van der Waals surface area (Å²) in [6.07, 6.45) is 0. The molecule has 92 valence electrons. The van der Waals surface area contributed by atoms with Crippen molar-refractivity contribution >= 4 is 35.0 Å². The maximum absolute atomic E-state index is 11.6. The molecule has 0 aliphatic rings. The molecule has 1 aromatic rings. The van der Waals surface area contributed by atoms with E-state index in [1.807, 2.05) is 0 Å². The molecule has 0 aromatic heterocycles. The molecule has 0 aliphatic carbocycles. The molecular formula is C11H10Cl2O4. The molecule has 0 N–H and O–H groups in total. The van der Waals surface area contributed by atoms with E-state index in [0.29, 0.717) is 12.4 Å². The van der Waals surface area contributed by atoms with Crippen LogP contribution in [0.2, 0.25) is 10.0 Å². The quantitative estimate of drug-likeness (QED) is 0.482. The predicted octanol–water partition coefficient (Wildman–Crippen LogP) is 2.75. The topological polar surface area (TPSA) is 52.6 Å². The number of esters is 1. The van der Waals surface area contributed by atoms with Crippen LogP contribution in [0.15, 0.2) is 12.1 Å². The van der Waals surface area contributed by atoms with Gasteiger partial charge in [-0.3, -0.25) is 4.79 Å². The van der Waals surface area contributed by atoms with Gasteiger partial charge < -0.3 is 9.47 Å². The van der Waals surface area contributed by atoms with Crippen LogP contribution in [0.5, 0.6) is 5.75 Å². The van der Waals surface area contributed by atoms with E-state index < -0.39 is 11.8 Å². The summed E-state index contributed by atoms with van der Waals surface area (Å²) in [5.41, 5.74) is -0.00744. The third-order valence-electron chi connectivity index (χ3n) is 1.94. The zero-order valence-corrected chi connectivity index (χ0v) is 10.8. The fraction of sp³-hybridized carbons (Fsp3) is 0.273. The highest BCUT2D eigenvalue weighted by Gasteiger charge is 2.21. The summed E-state index contributed by atoms with van der Waals surface area (Å²) >= 11 is 11.7. The molecule has 0 amide bonds. The lowest BCUT2D eigenvalue weighted by molar-refractivity contribution is -0.135. The summed E-state index contributed by atoms with van der Waals surface area (Å²) in [5, 5.41) is 0.303. The third kappa shape index (κ3) is 3.11. The molecular weight excluding hydrogens is 267 g/mol. The van der Waals surface area contributed by atoms with Crippen molar-refractivity contribution in [3.63, 3.8) is 0 Å². The molecule has 0 saturated heterocycles. The normalized spacial score (nSPS) is 9.88. The Labute approximate surface area is 108 Å². The van der Waals surface area contributed by atoms with E-state index >= 15 is 0 Å². The van der Waals surface area contributed by atoms with Gasteiger partial charge in [0.15, 0.2) is 0 Å². The van der Waals surface area contributed by atoms with E-state index in [0.717, 1.165) is 7.11 Å². The van der Waals surface area contributed by atoms with E-state index in [4.69, 9.17) is 27.9 Å². The maximum atomic E-state index is 11.6. The molecule has 0 heterocycles. The van der Waals surface area contributed by atoms with Gasteiger partial charge in [-0.15, -0.1) is 0 Å². The van der Waals surface area contributed by atoms with Crippen molar-refractivity contribution in [3.05, 3.63) is 27.7 Å². The second-order valence-corrected chi connectivity index (χ2v) is 3.83. The molecule has 0 aliphatic heterocycles. The van der Waals surface area contributed by atoms with Crippen LogP contribution in [-0.2, 0) is 9.53 Å². The highest BCUT2D eigenvalue weighted by Crippen LogP contribution is 2.31. The van der Waals surface area contributed by atoms with Crippen LogP contribution in [0, 0.1) is 0 Å². The minimum absolute atomic E-state index is 0.00744. The zero-order chi connectivity index (χ0) is 13.0. The smallest absolute Gasteiger partial charge is 0.379 e. The Morgan fingerprint density at radius 2 is 1.88 bits per heavy atom. The average Bonchev–Trinajstić information content (AvgIpc) is 2.31. The van der Waals surface area contributed by atoms with E-state index in [9.17, 15) is 9.59 Å². The minimum atomic E-state index is -0.993. The fourth-order valence-corrected chi connectivity index (χ4v) is 1.63. The average molecular weight is 277 g/mol. The molecule has 0 bridgehead atoms. The molecule has 1 aromatic carbocycles. The molecule has 1 rings (SSSR count). The van der Waals surface area contributed by atoms with Gasteiger partial charge in [-0.25, -0.2) is 4.79 Å². The van der Waals surface area contributed by atoms with Crippen molar-refractivity contribution in [1.82, 2.24) is 0 Å². The number of ether oxygens (including phenoxy) is 2. The van der Waals surface area contributed by atoms with Gasteiger partial charge in [-0.05, 0) is 13.0 Å². The summed E-state index contributed by atoms with van der Waals surface area (Å²) in [7, 11) is 1.12. The first kappa shape index (κ1) is 13.8. The highest BCUT2D eigenvalue weighted by atomic mass is 35.5. The second kappa shape index (κ2) is 5.89. The van der Waals surface area contributed by atoms with Crippen molar-refractivity contribution in [3.8, 4) is 5.75 Å². The van der Waals surface area contributed by atoms with Gasteiger partial charge >= 0.3 is 5.97 Å². The van der Waals surface area contributed by atoms with Gasteiger partial charge in [-0.2, -0.15) is 0 Å². The molecule has 0 atom stereocenters. The number of halogens is 2. The molecule has 0 spiro atoms. The van der Waals surface area contributed by atoms with Crippen molar-refractivity contribution in [2.75, 3.05) is 13.7 Å². The summed E-state index contributed by atoms with van der Waals surface area (Å²) in [6.45, 7) is 2.21. The number of ketones is 1. The number of carbonyl (C=O) groups excluding carboxylic acids is 2. The molecule has 0 fully saturated rings. The molecule has 6 heteroatoms. The number of Topliss-reactive ketones (excluding diaryl/α,β-unsaturated/α-hetero) is 1. The summed E-state index contributed by atoms with van der Waals surface area (Å²) in [4.78, 5) is 22.6. The lowest BCUT2D eigenvalue weighted by Gasteiger charge is -2.08. The van der Waals surface area contributed by atoms with Gasteiger partial charge in [0.25, 0.3) is 5.78 Å². The first-order chi connectivity index (χ1) is 8.01. The van der Waals surface area contributed by atoms with Crippen LogP contribution in [0.3, 0.4) is 0 Å². The number of rotatable bonds is 4. The van der Waals surface area contributed by atoms with Gasteiger partial charge in [0, 0.05) is 11.6 Å². The van der Waals surface area contributed by atoms with Gasteiger partial charge in [0.2, 0.25) is 0 Å². The van der Waals surface area contributed by atoms with Crippen LogP contribution < -0.4 is 4.74 Å². The lowest BCUT2D eigenvalue weighted by Crippen LogP contribution is -2.16. The Kier molecular flexibility index (Phi) is 4.78. The van der Waals surface area contributed by atoms with Crippen LogP contribution in [-0.4, -0.2) is 25.5 Å². The largest absolute Gasteiger partial charge is 0.492 e. The first-order valence-electron chi connectivity index (χ1n) is 4.75. The van der Waals surface area contributed by atoms with Crippen molar-refractivity contribution < 1.29 is 19.1 Å². The fourth-order valence-electron chi connectivity index (χ4n) is 1.17. The third-order valence-corrected chi connectivity index (χ3v) is 2.54. The van der Waals surface area contributed by atoms with Gasteiger partial charge in [-0.1, -0.05) is 23.2 Å². The van der Waals surface area contributed by atoms with Crippen LogP contribution in [0.1, 0.15) is 17.3 Å². The molecule has 17 heavy (non-hydrogen) atoms. The summed E-state index contributed by atoms with van der Waals surface area (Å²) in [5.74, 6) is -1.48. The predicted molar refractivity (Wildman–Crippen MR) is 64.0 cm³/mol. The Morgan fingerprint density at radius 1 is 1.24 bits per heavy atom. The van der Waals surface area contributed by atoms with Gasteiger partial charge in [0.1, 0.15) is 5.75 Å². The maximum Gasteiger partial charge on any atom is 0.379 e. The molecule has 0 radical (unpaired) electrons. The standard InChI is InChI=1S/C11H10Cl2O4/c1-3-17-9-5-7(12)6(4-8(9)13)10(14)11(15)16-2/h4-5H,3H2,1-2H3. The highest BCUT2D eigenvalue weighted by molar-refractivity contribution is 6.46. The lowest BCUT2D eigenvalue weighted by atomic mass is 10.1. The van der Waals surface area contributed by atoms with Crippen LogP contribution >= 0.6 is 23.2 Å². The van der Waals surface area contributed by atoms with Crippen molar-refractivity contribution in [1.29, 1.82) is 0 Å². The number of hydrogen-bond donors (Lipinski definition) is 0. The first-order valence-corrected chi connectivity index (χ1v) is 5.51. The molecule has 0 saturated carbocycles. The van der Waals surface area contributed by atoms with Gasteiger partial charge in [0.05, 0.1) is 23.8 Å². The Bertz CT molecular complexity index is 457. The summed E-state index contributed by atoms with van der Waals surface area (Å²) in [6, 6.07) is 2.68. The SMILES string of the molecule is CCOc1cc(Cl)c(C(=O)C(=O)OC)cc1Cl. The minimum Gasteiger partial charge on any atom is -0.492 e. The van der Waals surface area contributed by atoms with Crippen molar-refractivity contribution in [2.45, 2.75) is 6.92 Å². The Hall–Kier alpha value is -1.26. The number of carbonyl (C=O) groups is 2. The Balaban J connectivity index is 3.15. The number of methoxy groups -OCH3 is 1. The number of hydrogen-bond acceptors (Lipinski definition) is 4. The van der Waals surface area contributed by atoms with E-state index in [2.05, 4.69) is 4.74 Å². The Morgan fingerprint density at radius 3 is 2.41 bits per heavy atom. The van der Waals surface area contributed by atoms with Crippen LogP contribution in [0.25, 0.3) is 0 Å². The monoisotopic (exact) mass is 276 g/mol. The van der Waals surface area contributed by atoms with Crippen LogP contribution in [0.4, 0.5) is 0 Å². The molecule has 4 nitrogen and oxygen atoms in total. The summed E-state index contributed by atoms with van der Waals surface area (Å²) < 4.78 is 9.51. The van der Waals surface area contributed by atoms with E-state index in [1.165, 1.54) is 12.1 Å². The second-order valence-electron chi connectivity index (χ2n) is 3.02. The number of benzene rings is 1. The van der Waals surface area contributed by atoms with E-state index in [-0.39, 0.29) is 15.6 Å². The zero-order valence-electron chi connectivity index (χ0n) is 9.25. The van der Waals surface area contributed by atoms with E-state index in [1.54, 1.807) is 6.92 Å².